The van der Waals surface area contributed by atoms with Gasteiger partial charge in [0.2, 0.25) is 11.7 Å². The van der Waals surface area contributed by atoms with Crippen LogP contribution in [0.4, 0.5) is 13.2 Å². The second-order valence-corrected chi connectivity index (χ2v) is 4.87. The molecule has 0 atom stereocenters. The van der Waals surface area contributed by atoms with Crippen molar-refractivity contribution in [2.75, 3.05) is 13.1 Å². The third kappa shape index (κ3) is 4.93. The molecule has 0 fully saturated rings. The molecular weight excluding hydrogens is 351 g/mol. The van der Waals surface area contributed by atoms with Crippen LogP contribution < -0.4 is 0 Å². The SMILES string of the molecule is CCCN(CC(=O)O)Cc1nc(-c2cc(F)c(F)c(F)c2)no1.Cl. The van der Waals surface area contributed by atoms with Gasteiger partial charge in [0.1, 0.15) is 0 Å². The Labute approximate surface area is 141 Å². The van der Waals surface area contributed by atoms with Crippen LogP contribution in [0.3, 0.4) is 0 Å². The van der Waals surface area contributed by atoms with Crippen molar-refractivity contribution in [2.24, 2.45) is 0 Å². The normalized spacial score (nSPS) is 10.7. The summed E-state index contributed by atoms with van der Waals surface area (Å²) in [5, 5.41) is 12.4. The Morgan fingerprint density at radius 3 is 2.46 bits per heavy atom. The van der Waals surface area contributed by atoms with Crippen molar-refractivity contribution in [1.29, 1.82) is 0 Å². The van der Waals surface area contributed by atoms with Gasteiger partial charge in [-0.15, -0.1) is 12.4 Å². The van der Waals surface area contributed by atoms with Crippen molar-refractivity contribution in [3.05, 3.63) is 35.5 Å². The lowest BCUT2D eigenvalue weighted by molar-refractivity contribution is -0.138. The van der Waals surface area contributed by atoms with Crippen LogP contribution in [0.5, 0.6) is 0 Å². The van der Waals surface area contributed by atoms with Crippen molar-refractivity contribution < 1.29 is 27.6 Å². The van der Waals surface area contributed by atoms with Crippen molar-refractivity contribution >= 4 is 18.4 Å². The summed E-state index contributed by atoms with van der Waals surface area (Å²) < 4.78 is 44.3. The molecule has 2 rings (SSSR count). The van der Waals surface area contributed by atoms with Gasteiger partial charge in [0.15, 0.2) is 17.5 Å². The quantitative estimate of drug-likeness (QED) is 0.760. The lowest BCUT2D eigenvalue weighted by Crippen LogP contribution is -2.30. The topological polar surface area (TPSA) is 79.5 Å². The number of aliphatic carboxylic acids is 1. The maximum atomic E-state index is 13.2. The zero-order valence-corrected chi connectivity index (χ0v) is 13.4. The molecule has 132 valence electrons. The molecular formula is C14H15ClF3N3O3. The van der Waals surface area contributed by atoms with E-state index in [1.54, 1.807) is 4.90 Å². The zero-order chi connectivity index (χ0) is 17.0. The van der Waals surface area contributed by atoms with Crippen LogP contribution in [0.1, 0.15) is 19.2 Å². The second kappa shape index (κ2) is 8.65. The number of carboxylic acid groups (broad SMARTS) is 1. The van der Waals surface area contributed by atoms with Gasteiger partial charge < -0.3 is 9.63 Å². The molecule has 0 aliphatic heterocycles. The van der Waals surface area contributed by atoms with E-state index in [1.807, 2.05) is 6.92 Å². The summed E-state index contributed by atoms with van der Waals surface area (Å²) in [5.74, 6) is -5.30. The third-order valence-corrected chi connectivity index (χ3v) is 2.97. The van der Waals surface area contributed by atoms with E-state index in [0.29, 0.717) is 6.54 Å². The maximum absolute atomic E-state index is 13.2. The average molecular weight is 366 g/mol. The Bertz CT molecular complexity index is 689. The predicted octanol–water partition coefficient (Wildman–Crippen LogP) is 2.87. The first-order valence-corrected chi connectivity index (χ1v) is 6.82. The zero-order valence-electron chi connectivity index (χ0n) is 12.6. The van der Waals surface area contributed by atoms with Crippen LogP contribution in [0, 0.1) is 17.5 Å². The number of hydrogen-bond donors (Lipinski definition) is 1. The Balaban J connectivity index is 0.00000288. The minimum atomic E-state index is -1.58. The van der Waals surface area contributed by atoms with E-state index >= 15 is 0 Å². The summed E-state index contributed by atoms with van der Waals surface area (Å²) >= 11 is 0. The fourth-order valence-corrected chi connectivity index (χ4v) is 2.03. The molecule has 10 heteroatoms. The Hall–Kier alpha value is -2.13. The largest absolute Gasteiger partial charge is 0.480 e. The fourth-order valence-electron chi connectivity index (χ4n) is 2.03. The van der Waals surface area contributed by atoms with E-state index in [0.717, 1.165) is 18.6 Å². The van der Waals surface area contributed by atoms with Crippen molar-refractivity contribution in [1.82, 2.24) is 15.0 Å². The molecule has 0 aliphatic rings. The van der Waals surface area contributed by atoms with Gasteiger partial charge in [-0.05, 0) is 25.1 Å². The number of rotatable bonds is 7. The highest BCUT2D eigenvalue weighted by molar-refractivity contribution is 5.85. The van der Waals surface area contributed by atoms with E-state index in [1.165, 1.54) is 0 Å². The Morgan fingerprint density at radius 2 is 1.92 bits per heavy atom. The molecule has 0 radical (unpaired) electrons. The first-order chi connectivity index (χ1) is 10.9. The predicted molar refractivity (Wildman–Crippen MR) is 80.1 cm³/mol. The van der Waals surface area contributed by atoms with Crippen LogP contribution >= 0.6 is 12.4 Å². The molecule has 6 nitrogen and oxygen atoms in total. The molecule has 0 spiro atoms. The maximum Gasteiger partial charge on any atom is 0.317 e. The van der Waals surface area contributed by atoms with Crippen molar-refractivity contribution in [3.8, 4) is 11.4 Å². The van der Waals surface area contributed by atoms with Gasteiger partial charge in [-0.2, -0.15) is 4.98 Å². The summed E-state index contributed by atoms with van der Waals surface area (Å²) in [6, 6.07) is 1.52. The highest BCUT2D eigenvalue weighted by Gasteiger charge is 2.17. The summed E-state index contributed by atoms with van der Waals surface area (Å²) in [6.45, 7) is 2.27. The third-order valence-electron chi connectivity index (χ3n) is 2.97. The van der Waals surface area contributed by atoms with Gasteiger partial charge in [-0.25, -0.2) is 13.2 Å². The van der Waals surface area contributed by atoms with E-state index < -0.39 is 23.4 Å². The lowest BCUT2D eigenvalue weighted by Gasteiger charge is -2.16. The van der Waals surface area contributed by atoms with Crippen molar-refractivity contribution in [2.45, 2.75) is 19.9 Å². The van der Waals surface area contributed by atoms with Gasteiger partial charge >= 0.3 is 5.97 Å². The Morgan fingerprint density at radius 1 is 1.29 bits per heavy atom. The van der Waals surface area contributed by atoms with E-state index in [2.05, 4.69) is 10.1 Å². The smallest absolute Gasteiger partial charge is 0.317 e. The van der Waals surface area contributed by atoms with Gasteiger partial charge in [0.05, 0.1) is 13.1 Å². The number of nitrogens with zero attached hydrogens (tertiary/aromatic N) is 3. The van der Waals surface area contributed by atoms with E-state index in [4.69, 9.17) is 9.63 Å². The van der Waals surface area contributed by atoms with Gasteiger partial charge in [0, 0.05) is 5.56 Å². The number of carboxylic acids is 1. The van der Waals surface area contributed by atoms with Crippen LogP contribution in [0.15, 0.2) is 16.7 Å². The molecule has 1 aromatic heterocycles. The summed E-state index contributed by atoms with van der Waals surface area (Å²) in [7, 11) is 0. The molecule has 0 amide bonds. The fraction of sp³-hybridized carbons (Fsp3) is 0.357. The molecule has 0 unspecified atom stereocenters. The summed E-state index contributed by atoms with van der Waals surface area (Å²) in [4.78, 5) is 16.3. The molecule has 1 heterocycles. The number of benzene rings is 1. The van der Waals surface area contributed by atoms with Gasteiger partial charge in [-0.3, -0.25) is 9.69 Å². The van der Waals surface area contributed by atoms with E-state index in [-0.39, 0.29) is 42.8 Å². The molecule has 0 bridgehead atoms. The minimum absolute atomic E-state index is 0. The second-order valence-electron chi connectivity index (χ2n) is 4.87. The molecule has 1 N–H and O–H groups in total. The van der Waals surface area contributed by atoms with Gasteiger partial charge in [-0.1, -0.05) is 12.1 Å². The van der Waals surface area contributed by atoms with Gasteiger partial charge in [0.25, 0.3) is 0 Å². The standard InChI is InChI=1S/C14H14F3N3O3.ClH/c1-2-3-20(7-12(21)22)6-11-18-14(19-23-11)8-4-9(15)13(17)10(16)5-8;/h4-5H,2-3,6-7H2,1H3,(H,21,22);1H. The number of halogens is 4. The van der Waals surface area contributed by atoms with Crippen LogP contribution in [0.2, 0.25) is 0 Å². The molecule has 0 saturated heterocycles. The number of carbonyl (C=O) groups is 1. The average Bonchev–Trinajstić information content (AvgIpc) is 2.92. The first kappa shape index (κ1) is 19.9. The number of hydrogen-bond acceptors (Lipinski definition) is 5. The molecule has 0 saturated carbocycles. The highest BCUT2D eigenvalue weighted by Crippen LogP contribution is 2.21. The monoisotopic (exact) mass is 365 g/mol. The van der Waals surface area contributed by atoms with E-state index in [9.17, 15) is 18.0 Å². The molecule has 2 aromatic rings. The molecule has 1 aromatic carbocycles. The Kier molecular flexibility index (Phi) is 7.18. The van der Waals surface area contributed by atoms with Crippen LogP contribution in [-0.4, -0.2) is 39.2 Å². The molecule has 0 aliphatic carbocycles. The van der Waals surface area contributed by atoms with Crippen LogP contribution in [-0.2, 0) is 11.3 Å². The molecule has 24 heavy (non-hydrogen) atoms. The summed E-state index contributed by atoms with van der Waals surface area (Å²) in [6.07, 6.45) is 0.725. The van der Waals surface area contributed by atoms with Crippen molar-refractivity contribution in [3.63, 3.8) is 0 Å². The first-order valence-electron chi connectivity index (χ1n) is 6.82. The lowest BCUT2D eigenvalue weighted by atomic mass is 10.2. The highest BCUT2D eigenvalue weighted by atomic mass is 35.5. The minimum Gasteiger partial charge on any atom is -0.480 e. The summed E-state index contributed by atoms with van der Waals surface area (Å²) in [5.41, 5.74) is -0.0725. The van der Waals surface area contributed by atoms with Crippen LogP contribution in [0.25, 0.3) is 11.4 Å². The number of aromatic nitrogens is 2.